The van der Waals surface area contributed by atoms with Gasteiger partial charge in [-0.05, 0) is 24.5 Å². The van der Waals surface area contributed by atoms with E-state index in [1.165, 1.54) is 0 Å². The lowest BCUT2D eigenvalue weighted by molar-refractivity contribution is 0.0866. The number of likely N-dealkylation sites (tertiary alicyclic amines) is 1. The second-order valence-electron chi connectivity index (χ2n) is 7.02. The number of H-pyrrole nitrogens is 1. The van der Waals surface area contributed by atoms with Gasteiger partial charge < -0.3 is 14.6 Å². The average molecular weight is 376 g/mol. The van der Waals surface area contributed by atoms with Crippen molar-refractivity contribution in [3.63, 3.8) is 0 Å². The summed E-state index contributed by atoms with van der Waals surface area (Å²) in [5.41, 5.74) is 3.52. The number of benzene rings is 1. The predicted octanol–water partition coefficient (Wildman–Crippen LogP) is 3.12. The van der Waals surface area contributed by atoms with Crippen LogP contribution in [0.4, 0.5) is 4.79 Å². The van der Waals surface area contributed by atoms with Gasteiger partial charge in [0.15, 0.2) is 11.3 Å². The summed E-state index contributed by atoms with van der Waals surface area (Å²) >= 11 is 0. The van der Waals surface area contributed by atoms with E-state index in [9.17, 15) is 4.79 Å². The van der Waals surface area contributed by atoms with Crippen LogP contribution in [0.2, 0.25) is 0 Å². The molecule has 0 atom stereocenters. The zero-order valence-corrected chi connectivity index (χ0v) is 15.3. The zero-order valence-electron chi connectivity index (χ0n) is 15.3. The van der Waals surface area contributed by atoms with Gasteiger partial charge in [-0.15, -0.1) is 10.2 Å². The van der Waals surface area contributed by atoms with Crippen LogP contribution in [0.5, 0.6) is 0 Å². The van der Waals surface area contributed by atoms with E-state index in [0.29, 0.717) is 19.7 Å². The minimum absolute atomic E-state index is 0.244. The maximum atomic E-state index is 12.4. The largest absolute Gasteiger partial charge is 0.445 e. The minimum Gasteiger partial charge on any atom is -0.445 e. The number of nitrogens with one attached hydrogen (secondary N) is 1. The zero-order chi connectivity index (χ0) is 18.9. The molecule has 142 valence electrons. The van der Waals surface area contributed by atoms with Gasteiger partial charge in [0.25, 0.3) is 0 Å². The van der Waals surface area contributed by atoms with Gasteiger partial charge in [-0.25, -0.2) is 9.78 Å². The minimum atomic E-state index is -0.259. The third-order valence-electron chi connectivity index (χ3n) is 5.29. The fraction of sp³-hybridized carbons (Fsp3) is 0.300. The van der Waals surface area contributed by atoms with Gasteiger partial charge in [-0.2, -0.15) is 0 Å². The first-order valence-corrected chi connectivity index (χ1v) is 9.42. The van der Waals surface area contributed by atoms with Crippen LogP contribution in [-0.2, 0) is 11.3 Å². The van der Waals surface area contributed by atoms with E-state index in [-0.39, 0.29) is 12.0 Å². The predicted molar refractivity (Wildman–Crippen MR) is 103 cm³/mol. The first-order chi connectivity index (χ1) is 13.8. The molecule has 0 bridgehead atoms. The monoisotopic (exact) mass is 376 g/mol. The molecule has 5 rings (SSSR count). The Morgan fingerprint density at radius 2 is 1.96 bits per heavy atom. The maximum absolute atomic E-state index is 12.4. The SMILES string of the molecule is O=C(OCc1ccccc1)N1CCC(c2nnc3cnc4[nH]ccc4n23)CC1. The summed E-state index contributed by atoms with van der Waals surface area (Å²) in [6, 6.07) is 11.7. The summed E-state index contributed by atoms with van der Waals surface area (Å²) in [7, 11) is 0. The molecule has 0 radical (unpaired) electrons. The lowest BCUT2D eigenvalue weighted by atomic mass is 9.96. The molecule has 3 aromatic heterocycles. The van der Waals surface area contributed by atoms with Crippen molar-refractivity contribution in [2.24, 2.45) is 0 Å². The molecular weight excluding hydrogens is 356 g/mol. The first-order valence-electron chi connectivity index (χ1n) is 9.42. The third kappa shape index (κ3) is 2.96. The summed E-state index contributed by atoms with van der Waals surface area (Å²) in [6.07, 6.45) is 4.99. The number of aromatic nitrogens is 5. The van der Waals surface area contributed by atoms with Crippen molar-refractivity contribution >= 4 is 22.9 Å². The highest BCUT2D eigenvalue weighted by Gasteiger charge is 2.28. The van der Waals surface area contributed by atoms with Crippen LogP contribution >= 0.6 is 0 Å². The van der Waals surface area contributed by atoms with E-state index in [2.05, 4.69) is 24.6 Å². The average Bonchev–Trinajstić information content (AvgIpc) is 3.39. The smallest absolute Gasteiger partial charge is 0.410 e. The van der Waals surface area contributed by atoms with Crippen LogP contribution in [0.3, 0.4) is 0 Å². The Labute approximate surface area is 161 Å². The summed E-state index contributed by atoms with van der Waals surface area (Å²) < 4.78 is 7.51. The number of ether oxygens (including phenoxy) is 1. The fourth-order valence-electron chi connectivity index (χ4n) is 3.79. The van der Waals surface area contributed by atoms with Gasteiger partial charge >= 0.3 is 6.09 Å². The highest BCUT2D eigenvalue weighted by molar-refractivity contribution is 5.74. The number of hydrogen-bond donors (Lipinski definition) is 1. The summed E-state index contributed by atoms with van der Waals surface area (Å²) in [6.45, 7) is 1.59. The number of hydrogen-bond acceptors (Lipinski definition) is 5. The number of amides is 1. The molecule has 28 heavy (non-hydrogen) atoms. The quantitative estimate of drug-likeness (QED) is 0.593. The molecule has 1 fully saturated rings. The van der Waals surface area contributed by atoms with Crippen molar-refractivity contribution in [3.05, 3.63) is 60.2 Å². The topological polar surface area (TPSA) is 88.4 Å². The van der Waals surface area contributed by atoms with Crippen molar-refractivity contribution in [3.8, 4) is 0 Å². The molecule has 4 aromatic rings. The summed E-state index contributed by atoms with van der Waals surface area (Å²) in [4.78, 5) is 21.6. The van der Waals surface area contributed by atoms with Gasteiger partial charge in [0.1, 0.15) is 12.4 Å². The van der Waals surface area contributed by atoms with Crippen molar-refractivity contribution in [1.29, 1.82) is 0 Å². The van der Waals surface area contributed by atoms with Crippen molar-refractivity contribution < 1.29 is 9.53 Å². The molecule has 1 saturated heterocycles. The molecule has 4 heterocycles. The molecule has 0 spiro atoms. The number of fused-ring (bicyclic) bond motifs is 3. The van der Waals surface area contributed by atoms with Crippen molar-refractivity contribution in [2.75, 3.05) is 13.1 Å². The Morgan fingerprint density at radius 1 is 1.14 bits per heavy atom. The standard InChI is InChI=1S/C20H20N6O2/c27-20(28-13-14-4-2-1-3-5-14)25-10-7-15(8-11-25)19-24-23-17-12-22-18-16(26(17)19)6-9-21-18/h1-6,9,12,15,21H,7-8,10-11,13H2. The fourth-order valence-corrected chi connectivity index (χ4v) is 3.79. The normalized spacial score (nSPS) is 15.4. The van der Waals surface area contributed by atoms with Gasteiger partial charge in [0, 0.05) is 25.2 Å². The molecule has 0 aliphatic carbocycles. The molecule has 1 aromatic carbocycles. The highest BCUT2D eigenvalue weighted by atomic mass is 16.6. The summed E-state index contributed by atoms with van der Waals surface area (Å²) in [5.74, 6) is 1.17. The number of aromatic amines is 1. The molecule has 1 aliphatic heterocycles. The van der Waals surface area contributed by atoms with Crippen LogP contribution < -0.4 is 0 Å². The molecule has 1 N–H and O–H groups in total. The molecule has 1 aliphatic rings. The lowest BCUT2D eigenvalue weighted by Crippen LogP contribution is -2.38. The van der Waals surface area contributed by atoms with E-state index in [1.807, 2.05) is 42.6 Å². The number of piperidine rings is 1. The van der Waals surface area contributed by atoms with Crippen LogP contribution in [0.1, 0.15) is 30.1 Å². The van der Waals surface area contributed by atoms with Crippen molar-refractivity contribution in [1.82, 2.24) is 29.5 Å². The van der Waals surface area contributed by atoms with Gasteiger partial charge in [0.05, 0.1) is 11.7 Å². The molecule has 0 saturated carbocycles. The second kappa shape index (κ2) is 6.95. The Bertz CT molecular complexity index is 1110. The maximum Gasteiger partial charge on any atom is 0.410 e. The Morgan fingerprint density at radius 3 is 2.79 bits per heavy atom. The number of nitrogens with zero attached hydrogens (tertiary/aromatic N) is 5. The Balaban J connectivity index is 1.27. The first kappa shape index (κ1) is 16.7. The summed E-state index contributed by atoms with van der Waals surface area (Å²) in [5, 5.41) is 8.69. The van der Waals surface area contributed by atoms with Crippen molar-refractivity contribution in [2.45, 2.75) is 25.4 Å². The van der Waals surface area contributed by atoms with E-state index in [0.717, 1.165) is 41.0 Å². The molecule has 1 amide bonds. The lowest BCUT2D eigenvalue weighted by Gasteiger charge is -2.30. The van der Waals surface area contributed by atoms with Gasteiger partial charge in [-0.1, -0.05) is 30.3 Å². The molecule has 0 unspecified atom stereocenters. The van der Waals surface area contributed by atoms with Gasteiger partial charge in [0.2, 0.25) is 0 Å². The van der Waals surface area contributed by atoms with Crippen LogP contribution in [0.15, 0.2) is 48.8 Å². The molecule has 8 nitrogen and oxygen atoms in total. The van der Waals surface area contributed by atoms with Crippen LogP contribution in [-0.4, -0.2) is 48.6 Å². The molecule has 8 heteroatoms. The third-order valence-corrected chi connectivity index (χ3v) is 5.29. The number of rotatable bonds is 3. The van der Waals surface area contributed by atoms with E-state index >= 15 is 0 Å². The van der Waals surface area contributed by atoms with Gasteiger partial charge in [-0.3, -0.25) is 4.40 Å². The Hall–Kier alpha value is -3.42. The van der Waals surface area contributed by atoms with E-state index < -0.39 is 0 Å². The number of carbonyl (C=O) groups is 1. The second-order valence-corrected chi connectivity index (χ2v) is 7.02. The van der Waals surface area contributed by atoms with Crippen LogP contribution in [0.25, 0.3) is 16.8 Å². The van der Waals surface area contributed by atoms with E-state index in [4.69, 9.17) is 4.74 Å². The number of carbonyl (C=O) groups excluding carboxylic acids is 1. The van der Waals surface area contributed by atoms with E-state index in [1.54, 1.807) is 11.1 Å². The highest BCUT2D eigenvalue weighted by Crippen LogP contribution is 2.29. The van der Waals surface area contributed by atoms with Crippen LogP contribution in [0, 0.1) is 0 Å². The molecular formula is C20H20N6O2. The Kier molecular flexibility index (Phi) is 4.16.